The van der Waals surface area contributed by atoms with Gasteiger partial charge in [-0.25, -0.2) is 4.79 Å². The number of carbonyl (C=O) groups excluding carboxylic acids is 2. The molecule has 2 atom stereocenters. The second-order valence-corrected chi connectivity index (χ2v) is 8.08. The molecule has 0 heterocycles. The SMILES string of the molecule is N#C/C=C/[C@H](CCc1ccccc1)NC(=O)[C@H](Cc1ccccc1)NC(=O)OCc1ccccc1. The molecule has 0 fully saturated rings. The largest absolute Gasteiger partial charge is 0.445 e. The predicted molar refractivity (Wildman–Crippen MR) is 135 cm³/mol. The fraction of sp³-hybridized carbons (Fsp3) is 0.207. The molecule has 2 amide bonds. The molecule has 178 valence electrons. The number of rotatable bonds is 11. The quantitative estimate of drug-likeness (QED) is 0.399. The molecule has 0 saturated heterocycles. The molecule has 3 aromatic rings. The maximum absolute atomic E-state index is 13.2. The summed E-state index contributed by atoms with van der Waals surface area (Å²) in [5.74, 6) is -0.342. The number of allylic oxidation sites excluding steroid dienone is 1. The summed E-state index contributed by atoms with van der Waals surface area (Å²) in [4.78, 5) is 25.8. The summed E-state index contributed by atoms with van der Waals surface area (Å²) in [6, 6.07) is 29.5. The highest BCUT2D eigenvalue weighted by Crippen LogP contribution is 2.09. The number of amides is 2. The molecule has 0 aliphatic carbocycles. The molecule has 3 rings (SSSR count). The predicted octanol–water partition coefficient (Wildman–Crippen LogP) is 4.72. The van der Waals surface area contributed by atoms with Crippen LogP contribution in [0.1, 0.15) is 23.1 Å². The van der Waals surface area contributed by atoms with Crippen LogP contribution in [-0.2, 0) is 29.0 Å². The van der Waals surface area contributed by atoms with Crippen LogP contribution in [0.5, 0.6) is 0 Å². The van der Waals surface area contributed by atoms with Crippen molar-refractivity contribution in [3.05, 3.63) is 120 Å². The van der Waals surface area contributed by atoms with Crippen molar-refractivity contribution in [2.45, 2.75) is 38.0 Å². The first-order chi connectivity index (χ1) is 17.1. The molecule has 0 aromatic heterocycles. The minimum Gasteiger partial charge on any atom is -0.445 e. The highest BCUT2D eigenvalue weighted by molar-refractivity contribution is 5.86. The lowest BCUT2D eigenvalue weighted by Gasteiger charge is -2.22. The van der Waals surface area contributed by atoms with Crippen LogP contribution in [0, 0.1) is 11.3 Å². The van der Waals surface area contributed by atoms with E-state index in [0.29, 0.717) is 12.8 Å². The van der Waals surface area contributed by atoms with Crippen LogP contribution < -0.4 is 10.6 Å². The minimum absolute atomic E-state index is 0.108. The maximum atomic E-state index is 13.2. The van der Waals surface area contributed by atoms with E-state index in [1.54, 1.807) is 6.08 Å². The van der Waals surface area contributed by atoms with Crippen molar-refractivity contribution in [2.75, 3.05) is 0 Å². The molecule has 0 unspecified atom stereocenters. The average Bonchev–Trinajstić information content (AvgIpc) is 2.90. The van der Waals surface area contributed by atoms with Crippen LogP contribution in [0.2, 0.25) is 0 Å². The maximum Gasteiger partial charge on any atom is 0.408 e. The summed E-state index contributed by atoms with van der Waals surface area (Å²) in [5.41, 5.74) is 2.90. The first-order valence-electron chi connectivity index (χ1n) is 11.6. The second kappa shape index (κ2) is 14.0. The molecule has 0 spiro atoms. The third-order valence-electron chi connectivity index (χ3n) is 5.42. The van der Waals surface area contributed by atoms with E-state index in [2.05, 4.69) is 10.6 Å². The van der Waals surface area contributed by atoms with E-state index in [9.17, 15) is 9.59 Å². The average molecular weight is 468 g/mol. The lowest BCUT2D eigenvalue weighted by atomic mass is 10.0. The summed E-state index contributed by atoms with van der Waals surface area (Å²) in [6.07, 6.45) is 4.03. The number of hydrogen-bond donors (Lipinski definition) is 2. The Hall–Kier alpha value is -4.37. The number of nitriles is 1. The van der Waals surface area contributed by atoms with Crippen LogP contribution in [-0.4, -0.2) is 24.1 Å². The van der Waals surface area contributed by atoms with Gasteiger partial charge in [-0.15, -0.1) is 0 Å². The molecule has 0 saturated carbocycles. The van der Waals surface area contributed by atoms with Crippen LogP contribution in [0.4, 0.5) is 4.79 Å². The molecular formula is C29H29N3O3. The normalized spacial score (nSPS) is 12.3. The van der Waals surface area contributed by atoms with Crippen molar-refractivity contribution >= 4 is 12.0 Å². The van der Waals surface area contributed by atoms with E-state index in [0.717, 1.165) is 23.1 Å². The Balaban J connectivity index is 1.66. The Morgan fingerprint density at radius 2 is 1.40 bits per heavy atom. The lowest BCUT2D eigenvalue weighted by molar-refractivity contribution is -0.123. The van der Waals surface area contributed by atoms with Crippen LogP contribution in [0.15, 0.2) is 103 Å². The van der Waals surface area contributed by atoms with Gasteiger partial charge in [0, 0.05) is 18.5 Å². The van der Waals surface area contributed by atoms with Gasteiger partial charge in [0.05, 0.1) is 6.07 Å². The van der Waals surface area contributed by atoms with E-state index in [1.165, 1.54) is 6.08 Å². The number of nitrogens with zero attached hydrogens (tertiary/aromatic N) is 1. The zero-order valence-corrected chi connectivity index (χ0v) is 19.5. The van der Waals surface area contributed by atoms with E-state index in [1.807, 2.05) is 97.1 Å². The summed E-state index contributed by atoms with van der Waals surface area (Å²) < 4.78 is 5.33. The third kappa shape index (κ3) is 9.18. The Bertz CT molecular complexity index is 1130. The molecule has 0 bridgehead atoms. The smallest absolute Gasteiger partial charge is 0.408 e. The van der Waals surface area contributed by atoms with Crippen molar-refractivity contribution in [3.63, 3.8) is 0 Å². The minimum atomic E-state index is -0.838. The third-order valence-corrected chi connectivity index (χ3v) is 5.42. The van der Waals surface area contributed by atoms with E-state index in [4.69, 9.17) is 10.00 Å². The van der Waals surface area contributed by atoms with Crippen LogP contribution in [0.3, 0.4) is 0 Å². The summed E-state index contributed by atoms with van der Waals surface area (Å²) in [6.45, 7) is 0.108. The van der Waals surface area contributed by atoms with Crippen molar-refractivity contribution in [2.24, 2.45) is 0 Å². The first kappa shape index (κ1) is 25.3. The molecule has 2 N–H and O–H groups in total. The Labute approximate surface area is 206 Å². The van der Waals surface area contributed by atoms with Gasteiger partial charge in [-0.1, -0.05) is 97.1 Å². The number of nitrogens with one attached hydrogen (secondary N) is 2. The topological polar surface area (TPSA) is 91.2 Å². The number of ether oxygens (including phenoxy) is 1. The Morgan fingerprint density at radius 3 is 2.00 bits per heavy atom. The van der Waals surface area contributed by atoms with Crippen molar-refractivity contribution < 1.29 is 14.3 Å². The number of aryl methyl sites for hydroxylation is 1. The van der Waals surface area contributed by atoms with Crippen molar-refractivity contribution in [1.82, 2.24) is 10.6 Å². The van der Waals surface area contributed by atoms with Gasteiger partial charge < -0.3 is 15.4 Å². The van der Waals surface area contributed by atoms with Crippen molar-refractivity contribution in [1.29, 1.82) is 5.26 Å². The highest BCUT2D eigenvalue weighted by Gasteiger charge is 2.24. The van der Waals surface area contributed by atoms with Gasteiger partial charge >= 0.3 is 6.09 Å². The second-order valence-electron chi connectivity index (χ2n) is 8.08. The van der Waals surface area contributed by atoms with Gasteiger partial charge in [-0.2, -0.15) is 5.26 Å². The monoisotopic (exact) mass is 467 g/mol. The van der Waals surface area contributed by atoms with Gasteiger partial charge in [-0.05, 0) is 29.5 Å². The lowest BCUT2D eigenvalue weighted by Crippen LogP contribution is -2.50. The van der Waals surface area contributed by atoms with Crippen LogP contribution >= 0.6 is 0 Å². The molecule has 6 heteroatoms. The molecular weight excluding hydrogens is 438 g/mol. The fourth-order valence-corrected chi connectivity index (χ4v) is 3.59. The first-order valence-corrected chi connectivity index (χ1v) is 11.6. The fourth-order valence-electron chi connectivity index (χ4n) is 3.59. The summed E-state index contributed by atoms with van der Waals surface area (Å²) in [7, 11) is 0. The molecule has 0 radical (unpaired) electrons. The Kier molecular flexibility index (Phi) is 10.1. The molecule has 35 heavy (non-hydrogen) atoms. The number of carbonyl (C=O) groups is 2. The Morgan fingerprint density at radius 1 is 0.829 bits per heavy atom. The molecule has 0 aliphatic heterocycles. The van der Waals surface area contributed by atoms with Gasteiger partial charge in [0.2, 0.25) is 5.91 Å². The molecule has 3 aromatic carbocycles. The van der Waals surface area contributed by atoms with Gasteiger partial charge in [-0.3, -0.25) is 4.79 Å². The van der Waals surface area contributed by atoms with Gasteiger partial charge in [0.25, 0.3) is 0 Å². The summed E-state index contributed by atoms with van der Waals surface area (Å²) in [5, 5.41) is 14.7. The van der Waals surface area contributed by atoms with Gasteiger partial charge in [0.15, 0.2) is 0 Å². The van der Waals surface area contributed by atoms with Gasteiger partial charge in [0.1, 0.15) is 12.6 Å². The van der Waals surface area contributed by atoms with E-state index < -0.39 is 12.1 Å². The molecule has 6 nitrogen and oxygen atoms in total. The molecule has 0 aliphatic rings. The number of benzene rings is 3. The zero-order valence-electron chi connectivity index (χ0n) is 19.5. The standard InChI is InChI=1S/C29H29N3O3/c30-20-10-17-26(19-18-23-11-4-1-5-12-23)31-28(33)27(21-24-13-6-2-7-14-24)32-29(34)35-22-25-15-8-3-9-16-25/h1-17,26-27H,18-19,21-22H2,(H,31,33)(H,32,34)/b17-10+/t26-,27+/m1/s1. The van der Waals surface area contributed by atoms with Crippen LogP contribution in [0.25, 0.3) is 0 Å². The van der Waals surface area contributed by atoms with Crippen molar-refractivity contribution in [3.8, 4) is 6.07 Å². The number of hydrogen-bond acceptors (Lipinski definition) is 4. The van der Waals surface area contributed by atoms with E-state index >= 15 is 0 Å². The zero-order chi connectivity index (χ0) is 24.7. The van der Waals surface area contributed by atoms with E-state index in [-0.39, 0.29) is 18.6 Å². The summed E-state index contributed by atoms with van der Waals surface area (Å²) >= 11 is 0. The number of alkyl carbamates (subject to hydrolysis) is 1. The highest BCUT2D eigenvalue weighted by atomic mass is 16.5.